The van der Waals surface area contributed by atoms with E-state index in [2.05, 4.69) is 0 Å². The molecule has 4 amide bonds. The minimum Gasteiger partial charge on any atom is -0.348 e. The van der Waals surface area contributed by atoms with E-state index < -0.39 is 24.4 Å². The predicted octanol–water partition coefficient (Wildman–Crippen LogP) is 0.0185. The highest BCUT2D eigenvalue weighted by Crippen LogP contribution is 2.13. The summed E-state index contributed by atoms with van der Waals surface area (Å²) in [6.45, 7) is 1.28. The summed E-state index contributed by atoms with van der Waals surface area (Å²) in [6, 6.07) is 2.54. The summed E-state index contributed by atoms with van der Waals surface area (Å²) >= 11 is 0. The number of carbonyl (C=O) groups excluding carboxylic acids is 4. The molecule has 0 aliphatic carbocycles. The minimum atomic E-state index is -0.950. The van der Waals surface area contributed by atoms with Gasteiger partial charge in [0.2, 0.25) is 0 Å². The molecule has 7 heteroatoms. The Bertz CT molecular complexity index is 575. The summed E-state index contributed by atoms with van der Waals surface area (Å²) in [5.74, 6) is -2.22. The fraction of sp³-hybridized carbons (Fsp3) is 0.333. The van der Waals surface area contributed by atoms with E-state index in [9.17, 15) is 19.2 Å². The highest BCUT2D eigenvalue weighted by Gasteiger charge is 2.44. The molecular formula is C12H13N3O4. The van der Waals surface area contributed by atoms with Crippen LogP contribution in [0, 0.1) is 0 Å². The standard InChI is InChI=1S/C12H13N3O4/c1-3-14-10(17)11(18)15(12(14)19)7-9(16)8-5-4-6-13(8)2/h4-6H,3,7H2,1-2H3. The largest absolute Gasteiger partial charge is 0.348 e. The highest BCUT2D eigenvalue weighted by molar-refractivity contribution is 6.45. The molecule has 0 radical (unpaired) electrons. The summed E-state index contributed by atoms with van der Waals surface area (Å²) in [5, 5.41) is 0. The van der Waals surface area contributed by atoms with Gasteiger partial charge in [-0.15, -0.1) is 0 Å². The van der Waals surface area contributed by atoms with Crippen molar-refractivity contribution in [2.24, 2.45) is 7.05 Å². The van der Waals surface area contributed by atoms with E-state index in [1.54, 1.807) is 36.9 Å². The molecule has 0 atom stereocenters. The van der Waals surface area contributed by atoms with Crippen molar-refractivity contribution >= 4 is 23.6 Å². The van der Waals surface area contributed by atoms with Crippen molar-refractivity contribution in [2.45, 2.75) is 6.92 Å². The zero-order chi connectivity index (χ0) is 14.2. The molecule has 7 nitrogen and oxygen atoms in total. The molecule has 0 aromatic carbocycles. The van der Waals surface area contributed by atoms with Gasteiger partial charge in [0.25, 0.3) is 0 Å². The SMILES string of the molecule is CCN1C(=O)C(=O)N(CC(=O)c2cccn2C)C1=O. The maximum absolute atomic E-state index is 12.0. The average Bonchev–Trinajstić information content (AvgIpc) is 2.88. The molecule has 1 aliphatic heterocycles. The Morgan fingerprint density at radius 2 is 1.79 bits per heavy atom. The number of urea groups is 1. The lowest BCUT2D eigenvalue weighted by Gasteiger charge is -2.13. The number of carbonyl (C=O) groups is 4. The summed E-state index contributed by atoms with van der Waals surface area (Å²) in [6.07, 6.45) is 1.68. The number of rotatable bonds is 4. The van der Waals surface area contributed by atoms with Gasteiger partial charge in [-0.2, -0.15) is 0 Å². The van der Waals surface area contributed by atoms with Crippen LogP contribution in [0.2, 0.25) is 0 Å². The second-order valence-corrected chi connectivity index (χ2v) is 4.15. The topological polar surface area (TPSA) is 79.7 Å². The minimum absolute atomic E-state index is 0.109. The molecule has 2 heterocycles. The summed E-state index contributed by atoms with van der Waals surface area (Å²) in [7, 11) is 1.68. The molecule has 0 N–H and O–H groups in total. The third-order valence-electron chi connectivity index (χ3n) is 2.98. The molecule has 1 aromatic heterocycles. The molecule has 0 saturated carbocycles. The Balaban J connectivity index is 2.18. The molecule has 0 bridgehead atoms. The molecule has 0 unspecified atom stereocenters. The summed E-state index contributed by atoms with van der Waals surface area (Å²) in [4.78, 5) is 48.4. The van der Waals surface area contributed by atoms with Crippen LogP contribution in [0.1, 0.15) is 17.4 Å². The third-order valence-corrected chi connectivity index (χ3v) is 2.98. The first kappa shape index (κ1) is 13.0. The van der Waals surface area contributed by atoms with Gasteiger partial charge in [0.15, 0.2) is 5.78 Å². The molecule has 1 saturated heterocycles. The number of hydrogen-bond donors (Lipinski definition) is 0. The number of nitrogens with zero attached hydrogens (tertiary/aromatic N) is 3. The van der Waals surface area contributed by atoms with Crippen LogP contribution in [0.4, 0.5) is 4.79 Å². The van der Waals surface area contributed by atoms with Gasteiger partial charge in [0.1, 0.15) is 0 Å². The van der Waals surface area contributed by atoms with Crippen LogP contribution < -0.4 is 0 Å². The van der Waals surface area contributed by atoms with E-state index in [1.165, 1.54) is 0 Å². The second kappa shape index (κ2) is 4.68. The van der Waals surface area contributed by atoms with E-state index in [4.69, 9.17) is 0 Å². The summed E-state index contributed by atoms with van der Waals surface area (Å²) < 4.78 is 1.59. The van der Waals surface area contributed by atoms with Crippen molar-refractivity contribution < 1.29 is 19.2 Å². The first-order valence-corrected chi connectivity index (χ1v) is 5.79. The lowest BCUT2D eigenvalue weighted by Crippen LogP contribution is -2.37. The Morgan fingerprint density at radius 1 is 1.16 bits per heavy atom. The number of hydrogen-bond acceptors (Lipinski definition) is 4. The quantitative estimate of drug-likeness (QED) is 0.435. The number of aromatic nitrogens is 1. The smallest absolute Gasteiger partial charge is 0.334 e. The van der Waals surface area contributed by atoms with Crippen LogP contribution in [-0.2, 0) is 16.6 Å². The zero-order valence-electron chi connectivity index (χ0n) is 10.6. The zero-order valence-corrected chi connectivity index (χ0v) is 10.6. The number of ketones is 1. The maximum Gasteiger partial charge on any atom is 0.334 e. The van der Waals surface area contributed by atoms with Gasteiger partial charge in [-0.3, -0.25) is 19.3 Å². The van der Waals surface area contributed by atoms with Crippen LogP contribution in [0.25, 0.3) is 0 Å². The Labute approximate surface area is 109 Å². The van der Waals surface area contributed by atoms with E-state index in [0.29, 0.717) is 10.6 Å². The molecule has 100 valence electrons. The Kier molecular flexibility index (Phi) is 3.20. The van der Waals surface area contributed by atoms with Crippen molar-refractivity contribution in [2.75, 3.05) is 13.1 Å². The van der Waals surface area contributed by atoms with E-state index in [0.717, 1.165) is 4.90 Å². The molecule has 0 spiro atoms. The molecular weight excluding hydrogens is 250 g/mol. The van der Waals surface area contributed by atoms with E-state index >= 15 is 0 Å². The highest BCUT2D eigenvalue weighted by atomic mass is 16.2. The lowest BCUT2D eigenvalue weighted by atomic mass is 10.2. The predicted molar refractivity (Wildman–Crippen MR) is 64.2 cm³/mol. The van der Waals surface area contributed by atoms with Crippen molar-refractivity contribution in [3.05, 3.63) is 24.0 Å². The second-order valence-electron chi connectivity index (χ2n) is 4.15. The van der Waals surface area contributed by atoms with Crippen molar-refractivity contribution in [3.8, 4) is 0 Å². The first-order valence-electron chi connectivity index (χ1n) is 5.79. The fourth-order valence-corrected chi connectivity index (χ4v) is 1.94. The summed E-state index contributed by atoms with van der Waals surface area (Å²) in [5.41, 5.74) is 0.378. The van der Waals surface area contributed by atoms with Gasteiger partial charge in [-0.05, 0) is 19.1 Å². The Morgan fingerprint density at radius 3 is 2.26 bits per heavy atom. The molecule has 1 aromatic rings. The van der Waals surface area contributed by atoms with Gasteiger partial charge in [0, 0.05) is 19.8 Å². The van der Waals surface area contributed by atoms with Crippen molar-refractivity contribution in [1.29, 1.82) is 0 Å². The number of Topliss-reactive ketones (excluding diaryl/α,β-unsaturated/α-hetero) is 1. The van der Waals surface area contributed by atoms with Crippen LogP contribution in [0.5, 0.6) is 0 Å². The number of amides is 4. The molecule has 2 rings (SSSR count). The monoisotopic (exact) mass is 263 g/mol. The fourth-order valence-electron chi connectivity index (χ4n) is 1.94. The van der Waals surface area contributed by atoms with Crippen LogP contribution in [0.3, 0.4) is 0 Å². The Hall–Kier alpha value is -2.44. The van der Waals surface area contributed by atoms with Gasteiger partial charge in [-0.1, -0.05) is 0 Å². The van der Waals surface area contributed by atoms with Gasteiger partial charge in [0.05, 0.1) is 12.2 Å². The van der Waals surface area contributed by atoms with Crippen LogP contribution >= 0.6 is 0 Å². The number of imide groups is 2. The molecule has 19 heavy (non-hydrogen) atoms. The van der Waals surface area contributed by atoms with Crippen molar-refractivity contribution in [1.82, 2.24) is 14.4 Å². The normalized spacial score (nSPS) is 15.6. The first-order chi connectivity index (χ1) is 8.97. The molecule has 1 aliphatic rings. The molecule has 1 fully saturated rings. The van der Waals surface area contributed by atoms with Crippen LogP contribution in [-0.4, -0.2) is 51.1 Å². The number of aryl methyl sites for hydroxylation is 1. The van der Waals surface area contributed by atoms with E-state index in [1.807, 2.05) is 0 Å². The maximum atomic E-state index is 12.0. The third kappa shape index (κ3) is 2.03. The van der Waals surface area contributed by atoms with Gasteiger partial charge >= 0.3 is 17.8 Å². The number of likely N-dealkylation sites (N-methyl/N-ethyl adjacent to an activating group) is 1. The van der Waals surface area contributed by atoms with Crippen molar-refractivity contribution in [3.63, 3.8) is 0 Å². The van der Waals surface area contributed by atoms with Crippen LogP contribution in [0.15, 0.2) is 18.3 Å². The lowest BCUT2D eigenvalue weighted by molar-refractivity contribution is -0.143. The van der Waals surface area contributed by atoms with Gasteiger partial charge < -0.3 is 4.57 Å². The van der Waals surface area contributed by atoms with Gasteiger partial charge in [-0.25, -0.2) is 9.69 Å². The average molecular weight is 263 g/mol. The van der Waals surface area contributed by atoms with E-state index in [-0.39, 0.29) is 12.3 Å².